The normalized spacial score (nSPS) is 12.4. The first-order chi connectivity index (χ1) is 13.5. The van der Waals surface area contributed by atoms with Crippen molar-refractivity contribution in [1.82, 2.24) is 4.98 Å². The van der Waals surface area contributed by atoms with Crippen LogP contribution >= 0.6 is 0 Å². The van der Waals surface area contributed by atoms with E-state index in [0.29, 0.717) is 0 Å². The summed E-state index contributed by atoms with van der Waals surface area (Å²) >= 11 is 0. The second kappa shape index (κ2) is 7.55. The molecule has 0 atom stereocenters. The van der Waals surface area contributed by atoms with Crippen molar-refractivity contribution in [3.8, 4) is 11.5 Å². The molecule has 3 aromatic rings. The quantitative estimate of drug-likeness (QED) is 0.555. The number of hydrogen-bond donors (Lipinski definition) is 2. The van der Waals surface area contributed by atoms with Crippen LogP contribution in [-0.2, 0) is 10.8 Å². The number of para-hydroxylation sites is 2. The van der Waals surface area contributed by atoms with Gasteiger partial charge in [0.15, 0.2) is 0 Å². The lowest BCUT2D eigenvalue weighted by molar-refractivity contribution is 0.431. The molecule has 1 heterocycles. The maximum absolute atomic E-state index is 11.2. The van der Waals surface area contributed by atoms with Crippen LogP contribution in [0.4, 0.5) is 0 Å². The molecule has 29 heavy (non-hydrogen) atoms. The van der Waals surface area contributed by atoms with Gasteiger partial charge in [-0.3, -0.25) is 4.98 Å². The van der Waals surface area contributed by atoms with Crippen LogP contribution in [0.15, 0.2) is 60.8 Å². The Bertz CT molecular complexity index is 932. The SMILES string of the molecule is CC(C)(C)c1cccc(C(c2ccccn2)c2cccc(C(C)(C)C)c2O)c1O. The fourth-order valence-corrected chi connectivity index (χ4v) is 3.83. The monoisotopic (exact) mass is 389 g/mol. The van der Waals surface area contributed by atoms with Gasteiger partial charge in [0.2, 0.25) is 0 Å². The van der Waals surface area contributed by atoms with Crippen LogP contribution in [0.5, 0.6) is 11.5 Å². The predicted octanol–water partition coefficient (Wildman–Crippen LogP) is 6.27. The first-order valence-corrected chi connectivity index (χ1v) is 10.1. The average Bonchev–Trinajstić information content (AvgIpc) is 2.63. The Morgan fingerprint density at radius 3 is 1.52 bits per heavy atom. The molecule has 2 aromatic carbocycles. The second-order valence-electron chi connectivity index (χ2n) is 9.67. The van der Waals surface area contributed by atoms with E-state index in [9.17, 15) is 10.2 Å². The number of pyridine rings is 1. The molecule has 0 bridgehead atoms. The molecule has 0 aliphatic carbocycles. The fraction of sp³-hybridized carbons (Fsp3) is 0.346. The zero-order valence-corrected chi connectivity index (χ0v) is 18.2. The van der Waals surface area contributed by atoms with Gasteiger partial charge in [-0.25, -0.2) is 0 Å². The van der Waals surface area contributed by atoms with Gasteiger partial charge in [-0.15, -0.1) is 0 Å². The number of rotatable bonds is 3. The van der Waals surface area contributed by atoms with E-state index < -0.39 is 0 Å². The summed E-state index contributed by atoms with van der Waals surface area (Å²) in [6, 6.07) is 17.4. The van der Waals surface area contributed by atoms with Crippen LogP contribution in [0, 0.1) is 0 Å². The zero-order valence-electron chi connectivity index (χ0n) is 18.2. The highest BCUT2D eigenvalue weighted by Gasteiger charge is 2.30. The topological polar surface area (TPSA) is 53.4 Å². The average molecular weight is 390 g/mol. The van der Waals surface area contributed by atoms with E-state index in [-0.39, 0.29) is 28.2 Å². The summed E-state index contributed by atoms with van der Waals surface area (Å²) in [5.74, 6) is 0.147. The Balaban J connectivity index is 2.31. The molecule has 3 rings (SSSR count). The molecular formula is C26H31NO2. The maximum Gasteiger partial charge on any atom is 0.123 e. The van der Waals surface area contributed by atoms with Crippen molar-refractivity contribution < 1.29 is 10.2 Å². The molecule has 0 radical (unpaired) electrons. The summed E-state index contributed by atoms with van der Waals surface area (Å²) in [4.78, 5) is 4.58. The number of aromatic hydroxyl groups is 2. The third-order valence-electron chi connectivity index (χ3n) is 5.36. The molecule has 0 spiro atoms. The Morgan fingerprint density at radius 1 is 0.655 bits per heavy atom. The third kappa shape index (κ3) is 4.14. The number of phenols is 2. The predicted molar refractivity (Wildman–Crippen MR) is 119 cm³/mol. The van der Waals surface area contributed by atoms with Crippen molar-refractivity contribution in [3.05, 3.63) is 88.7 Å². The van der Waals surface area contributed by atoms with Crippen LogP contribution in [-0.4, -0.2) is 15.2 Å². The standard InChI is InChI=1S/C26H31NO2/c1-25(2,3)19-13-9-11-17(23(19)28)22(21-15-7-8-16-27-21)18-12-10-14-20(24(18)29)26(4,5)6/h7-16,22,28-29H,1-6H3. The number of phenolic OH excluding ortho intramolecular Hbond substituents is 2. The van der Waals surface area contributed by atoms with Crippen LogP contribution in [0.3, 0.4) is 0 Å². The van der Waals surface area contributed by atoms with E-state index in [1.807, 2.05) is 54.6 Å². The molecule has 152 valence electrons. The van der Waals surface area contributed by atoms with E-state index in [4.69, 9.17) is 0 Å². The highest BCUT2D eigenvalue weighted by molar-refractivity contribution is 5.57. The van der Waals surface area contributed by atoms with Gasteiger partial charge in [-0.2, -0.15) is 0 Å². The van der Waals surface area contributed by atoms with E-state index in [1.54, 1.807) is 6.20 Å². The Kier molecular flexibility index (Phi) is 5.44. The van der Waals surface area contributed by atoms with Gasteiger partial charge in [-0.05, 0) is 34.1 Å². The summed E-state index contributed by atoms with van der Waals surface area (Å²) in [5.41, 5.74) is 3.63. The molecule has 0 fully saturated rings. The van der Waals surface area contributed by atoms with Gasteiger partial charge in [0.25, 0.3) is 0 Å². The number of benzene rings is 2. The molecule has 0 saturated heterocycles. The van der Waals surface area contributed by atoms with E-state index in [2.05, 4.69) is 46.5 Å². The van der Waals surface area contributed by atoms with Crippen LogP contribution in [0.2, 0.25) is 0 Å². The fourth-order valence-electron chi connectivity index (χ4n) is 3.83. The van der Waals surface area contributed by atoms with Crippen molar-refractivity contribution in [1.29, 1.82) is 0 Å². The molecule has 0 aliphatic heterocycles. The molecule has 0 saturated carbocycles. The van der Waals surface area contributed by atoms with Crippen LogP contribution in [0.25, 0.3) is 0 Å². The van der Waals surface area contributed by atoms with Gasteiger partial charge in [-0.1, -0.05) is 84.0 Å². The summed E-state index contributed by atoms with van der Waals surface area (Å²) < 4.78 is 0. The minimum Gasteiger partial charge on any atom is -0.507 e. The molecule has 0 aliphatic rings. The van der Waals surface area contributed by atoms with Gasteiger partial charge in [0, 0.05) is 17.3 Å². The Hall–Kier alpha value is -2.81. The van der Waals surface area contributed by atoms with Crippen LogP contribution in [0.1, 0.15) is 75.4 Å². The number of aromatic nitrogens is 1. The summed E-state index contributed by atoms with van der Waals surface area (Å²) in [5, 5.41) is 22.5. The Morgan fingerprint density at radius 2 is 1.14 bits per heavy atom. The third-order valence-corrected chi connectivity index (χ3v) is 5.36. The molecule has 0 amide bonds. The van der Waals surface area contributed by atoms with Gasteiger partial charge in [0.05, 0.1) is 11.6 Å². The van der Waals surface area contributed by atoms with Crippen molar-refractivity contribution in [3.63, 3.8) is 0 Å². The van der Waals surface area contributed by atoms with Crippen LogP contribution < -0.4 is 0 Å². The minimum absolute atomic E-state index is 0.204. The summed E-state index contributed by atoms with van der Waals surface area (Å²) in [7, 11) is 0. The van der Waals surface area contributed by atoms with Gasteiger partial charge in [0.1, 0.15) is 11.5 Å². The number of nitrogens with zero attached hydrogens (tertiary/aromatic N) is 1. The minimum atomic E-state index is -0.374. The first-order valence-electron chi connectivity index (χ1n) is 10.1. The lowest BCUT2D eigenvalue weighted by atomic mass is 9.78. The molecule has 3 nitrogen and oxygen atoms in total. The lowest BCUT2D eigenvalue weighted by Gasteiger charge is -2.27. The lowest BCUT2D eigenvalue weighted by Crippen LogP contribution is -2.15. The zero-order chi connectivity index (χ0) is 21.4. The molecular weight excluding hydrogens is 358 g/mol. The summed E-state index contributed by atoms with van der Waals surface area (Å²) in [6.45, 7) is 12.5. The molecule has 1 aromatic heterocycles. The summed E-state index contributed by atoms with van der Waals surface area (Å²) in [6.07, 6.45) is 1.75. The van der Waals surface area contributed by atoms with Crippen molar-refractivity contribution >= 4 is 0 Å². The largest absolute Gasteiger partial charge is 0.507 e. The van der Waals surface area contributed by atoms with Gasteiger partial charge >= 0.3 is 0 Å². The molecule has 3 heteroatoms. The van der Waals surface area contributed by atoms with Crippen molar-refractivity contribution in [2.45, 2.75) is 58.3 Å². The van der Waals surface area contributed by atoms with E-state index in [0.717, 1.165) is 27.9 Å². The maximum atomic E-state index is 11.2. The highest BCUT2D eigenvalue weighted by atomic mass is 16.3. The van der Waals surface area contributed by atoms with E-state index in [1.165, 1.54) is 0 Å². The van der Waals surface area contributed by atoms with Crippen molar-refractivity contribution in [2.75, 3.05) is 0 Å². The molecule has 0 unspecified atom stereocenters. The Labute approximate surface area is 174 Å². The smallest absolute Gasteiger partial charge is 0.123 e. The second-order valence-corrected chi connectivity index (χ2v) is 9.67. The van der Waals surface area contributed by atoms with Crippen molar-refractivity contribution in [2.24, 2.45) is 0 Å². The first kappa shape index (κ1) is 20.9. The van der Waals surface area contributed by atoms with E-state index >= 15 is 0 Å². The highest BCUT2D eigenvalue weighted by Crippen LogP contribution is 2.45. The molecule has 2 N–H and O–H groups in total. The van der Waals surface area contributed by atoms with Gasteiger partial charge < -0.3 is 10.2 Å². The number of hydrogen-bond acceptors (Lipinski definition) is 3.